The van der Waals surface area contributed by atoms with E-state index >= 15 is 0 Å². The minimum atomic E-state index is -0.558. The van der Waals surface area contributed by atoms with Gasteiger partial charge in [0, 0.05) is 22.3 Å². The molecule has 192 valence electrons. The summed E-state index contributed by atoms with van der Waals surface area (Å²) < 4.78 is 7.60. The third-order valence-electron chi connectivity index (χ3n) is 5.97. The normalized spacial score (nSPS) is 13.4. The van der Waals surface area contributed by atoms with Crippen LogP contribution in [0, 0.1) is 0 Å². The van der Waals surface area contributed by atoms with E-state index in [-0.39, 0.29) is 10.7 Å². The van der Waals surface area contributed by atoms with Crippen LogP contribution in [0.25, 0.3) is 23.0 Å². The van der Waals surface area contributed by atoms with Crippen molar-refractivity contribution in [3.8, 4) is 22.7 Å². The summed E-state index contributed by atoms with van der Waals surface area (Å²) in [6, 6.07) is 14.9. The number of carbonyl (C=O) groups is 2. The summed E-state index contributed by atoms with van der Waals surface area (Å²) in [4.78, 5) is 24.9. The van der Waals surface area contributed by atoms with Crippen LogP contribution in [0.15, 0.2) is 60.3 Å². The molecule has 1 aliphatic heterocycles. The average molecular weight is 537 g/mol. The van der Waals surface area contributed by atoms with Crippen LogP contribution < -0.4 is 15.4 Å². The molecule has 1 aliphatic rings. The van der Waals surface area contributed by atoms with Crippen molar-refractivity contribution in [1.29, 1.82) is 0 Å². The largest absolute Gasteiger partial charge is 0.494 e. The molecular formula is C28H29ClN4O3S. The van der Waals surface area contributed by atoms with E-state index in [2.05, 4.69) is 17.6 Å². The number of benzene rings is 2. The Morgan fingerprint density at radius 3 is 2.27 bits per heavy atom. The molecule has 0 spiro atoms. The van der Waals surface area contributed by atoms with E-state index in [1.54, 1.807) is 23.0 Å². The monoisotopic (exact) mass is 536 g/mol. The molecule has 9 heteroatoms. The van der Waals surface area contributed by atoms with Crippen LogP contribution in [0.3, 0.4) is 0 Å². The molecule has 1 fully saturated rings. The van der Waals surface area contributed by atoms with Gasteiger partial charge in [0.05, 0.1) is 18.0 Å². The molecule has 0 atom stereocenters. The number of halogens is 1. The predicted molar refractivity (Wildman–Crippen MR) is 150 cm³/mol. The van der Waals surface area contributed by atoms with Gasteiger partial charge in [0.15, 0.2) is 5.11 Å². The van der Waals surface area contributed by atoms with Gasteiger partial charge in [0.1, 0.15) is 11.3 Å². The Morgan fingerprint density at radius 2 is 1.59 bits per heavy atom. The first kappa shape index (κ1) is 26.6. The second-order valence-electron chi connectivity index (χ2n) is 8.79. The molecule has 0 unspecified atom stereocenters. The number of rotatable bonds is 11. The van der Waals surface area contributed by atoms with Crippen LogP contribution >= 0.6 is 23.8 Å². The van der Waals surface area contributed by atoms with E-state index in [4.69, 9.17) is 33.7 Å². The molecule has 2 aromatic carbocycles. The smallest absolute Gasteiger partial charge is 0.263 e. The number of ether oxygens (including phenoxy) is 1. The van der Waals surface area contributed by atoms with Crippen LogP contribution in [-0.4, -0.2) is 33.3 Å². The van der Waals surface area contributed by atoms with E-state index in [0.717, 1.165) is 23.4 Å². The molecule has 37 heavy (non-hydrogen) atoms. The Labute approximate surface area is 226 Å². The first-order valence-electron chi connectivity index (χ1n) is 12.4. The molecule has 7 nitrogen and oxygen atoms in total. The van der Waals surface area contributed by atoms with Gasteiger partial charge >= 0.3 is 0 Å². The minimum Gasteiger partial charge on any atom is -0.494 e. The molecule has 2 N–H and O–H groups in total. The van der Waals surface area contributed by atoms with Crippen molar-refractivity contribution in [2.75, 3.05) is 6.61 Å². The van der Waals surface area contributed by atoms with Gasteiger partial charge < -0.3 is 4.74 Å². The summed E-state index contributed by atoms with van der Waals surface area (Å²) in [6.45, 7) is 2.90. The lowest BCUT2D eigenvalue weighted by atomic mass is 10.0. The predicted octanol–water partition coefficient (Wildman–Crippen LogP) is 5.85. The lowest BCUT2D eigenvalue weighted by molar-refractivity contribution is -0.123. The number of amides is 2. The standard InChI is InChI=1S/C28H29ClN4O3S/c1-2-3-4-5-6-7-16-36-23-14-8-19(9-15-23)25-20(17-24-26(34)30-28(37)31-27(24)35)18-33(32-25)22-12-10-21(29)11-13-22/h8-15,17-18H,2-7,16H2,1H3,(H2,30,31,34,35,37). The Bertz CT molecular complexity index is 1280. The molecule has 1 aromatic heterocycles. The van der Waals surface area contributed by atoms with Crippen molar-refractivity contribution in [3.05, 3.63) is 70.9 Å². The van der Waals surface area contributed by atoms with Crippen LogP contribution in [0.4, 0.5) is 0 Å². The number of thiocarbonyl (C=S) groups is 1. The number of carbonyl (C=O) groups excluding carboxylic acids is 2. The molecule has 4 rings (SSSR count). The van der Waals surface area contributed by atoms with Crippen molar-refractivity contribution in [1.82, 2.24) is 20.4 Å². The van der Waals surface area contributed by atoms with Crippen LogP contribution in [0.1, 0.15) is 51.0 Å². The SMILES string of the molecule is CCCCCCCCOc1ccc(-c2nn(-c3ccc(Cl)cc3)cc2C=C2C(=O)NC(=S)NC2=O)cc1. The Hall–Kier alpha value is -3.49. The fraction of sp³-hybridized carbons (Fsp3) is 0.286. The Balaban J connectivity index is 1.56. The molecular weight excluding hydrogens is 508 g/mol. The molecule has 0 bridgehead atoms. The highest BCUT2D eigenvalue weighted by Crippen LogP contribution is 2.28. The lowest BCUT2D eigenvalue weighted by Crippen LogP contribution is -2.51. The van der Waals surface area contributed by atoms with Gasteiger partial charge in [-0.3, -0.25) is 20.2 Å². The summed E-state index contributed by atoms with van der Waals surface area (Å²) in [6.07, 6.45) is 10.5. The van der Waals surface area contributed by atoms with Gasteiger partial charge in [-0.15, -0.1) is 0 Å². The van der Waals surface area contributed by atoms with Crippen molar-refractivity contribution < 1.29 is 14.3 Å². The first-order chi connectivity index (χ1) is 17.9. The summed E-state index contributed by atoms with van der Waals surface area (Å²) in [5, 5.41) is 10.3. The third-order valence-corrected chi connectivity index (χ3v) is 6.43. The first-order valence-corrected chi connectivity index (χ1v) is 13.2. The molecule has 1 saturated heterocycles. The maximum atomic E-state index is 12.4. The molecule has 0 saturated carbocycles. The molecule has 3 aromatic rings. The van der Waals surface area contributed by atoms with E-state index in [1.807, 2.05) is 36.4 Å². The van der Waals surface area contributed by atoms with Gasteiger partial charge in [0.2, 0.25) is 0 Å². The summed E-state index contributed by atoms with van der Waals surface area (Å²) >= 11 is 10.9. The molecule has 2 amide bonds. The number of hydrogen-bond donors (Lipinski definition) is 2. The zero-order valence-corrected chi connectivity index (χ0v) is 22.2. The molecule has 2 heterocycles. The number of nitrogens with one attached hydrogen (secondary N) is 2. The molecule has 0 radical (unpaired) electrons. The van der Waals surface area contributed by atoms with E-state index in [1.165, 1.54) is 38.2 Å². The fourth-order valence-corrected chi connectivity index (χ4v) is 4.30. The fourth-order valence-electron chi connectivity index (χ4n) is 3.99. The van der Waals surface area contributed by atoms with Crippen molar-refractivity contribution in [2.24, 2.45) is 0 Å². The summed E-state index contributed by atoms with van der Waals surface area (Å²) in [5.41, 5.74) is 2.76. The van der Waals surface area contributed by atoms with Crippen molar-refractivity contribution >= 4 is 46.8 Å². The Morgan fingerprint density at radius 1 is 0.946 bits per heavy atom. The number of aromatic nitrogens is 2. The zero-order chi connectivity index (χ0) is 26.2. The number of hydrogen-bond acceptors (Lipinski definition) is 5. The molecule has 0 aliphatic carbocycles. The number of unbranched alkanes of at least 4 members (excludes halogenated alkanes) is 5. The van der Waals surface area contributed by atoms with Crippen molar-refractivity contribution in [2.45, 2.75) is 45.4 Å². The van der Waals surface area contributed by atoms with Gasteiger partial charge in [-0.05, 0) is 73.2 Å². The highest BCUT2D eigenvalue weighted by Gasteiger charge is 2.26. The van der Waals surface area contributed by atoms with Gasteiger partial charge in [-0.2, -0.15) is 5.10 Å². The highest BCUT2D eigenvalue weighted by atomic mass is 35.5. The summed E-state index contributed by atoms with van der Waals surface area (Å²) in [5.74, 6) is -0.330. The topological polar surface area (TPSA) is 85.2 Å². The lowest BCUT2D eigenvalue weighted by Gasteiger charge is -2.16. The maximum absolute atomic E-state index is 12.4. The Kier molecular flexibility index (Phi) is 9.09. The van der Waals surface area contributed by atoms with Crippen LogP contribution in [0.2, 0.25) is 5.02 Å². The van der Waals surface area contributed by atoms with Crippen LogP contribution in [-0.2, 0) is 9.59 Å². The van der Waals surface area contributed by atoms with E-state index in [9.17, 15) is 9.59 Å². The van der Waals surface area contributed by atoms with Gasteiger partial charge in [-0.25, -0.2) is 4.68 Å². The third kappa shape index (κ3) is 7.05. The second-order valence-corrected chi connectivity index (χ2v) is 9.63. The van der Waals surface area contributed by atoms with E-state index < -0.39 is 11.8 Å². The summed E-state index contributed by atoms with van der Waals surface area (Å²) in [7, 11) is 0. The van der Waals surface area contributed by atoms with Crippen LogP contribution in [0.5, 0.6) is 5.75 Å². The van der Waals surface area contributed by atoms with Gasteiger partial charge in [0.25, 0.3) is 11.8 Å². The van der Waals surface area contributed by atoms with Gasteiger partial charge in [-0.1, -0.05) is 50.6 Å². The quantitative estimate of drug-likeness (QED) is 0.139. The zero-order valence-electron chi connectivity index (χ0n) is 20.6. The maximum Gasteiger partial charge on any atom is 0.263 e. The number of nitrogens with zero attached hydrogens (tertiary/aromatic N) is 2. The van der Waals surface area contributed by atoms with Crippen molar-refractivity contribution in [3.63, 3.8) is 0 Å². The second kappa shape index (κ2) is 12.7. The minimum absolute atomic E-state index is 0.0132. The highest BCUT2D eigenvalue weighted by molar-refractivity contribution is 7.80. The average Bonchev–Trinajstić information content (AvgIpc) is 3.30. The van der Waals surface area contributed by atoms with E-state index in [0.29, 0.717) is 22.9 Å².